The summed E-state index contributed by atoms with van der Waals surface area (Å²) in [6, 6.07) is 6.66. The number of nitrogens with two attached hydrogens (primary N) is 1. The van der Waals surface area contributed by atoms with Crippen LogP contribution in [0.5, 0.6) is 0 Å². The molecule has 1 aromatic heterocycles. The molecule has 1 aliphatic carbocycles. The third-order valence-electron chi connectivity index (χ3n) is 4.68. The quantitative estimate of drug-likeness (QED) is 0.520. The summed E-state index contributed by atoms with van der Waals surface area (Å²) >= 11 is 0. The maximum absolute atomic E-state index is 11.9. The van der Waals surface area contributed by atoms with Gasteiger partial charge in [0.2, 0.25) is 5.91 Å². The summed E-state index contributed by atoms with van der Waals surface area (Å²) in [5.74, 6) is 5.89. The molecule has 0 aliphatic heterocycles. The molecule has 0 bridgehead atoms. The Bertz CT molecular complexity index is 715. The number of rotatable bonds is 3. The van der Waals surface area contributed by atoms with E-state index in [2.05, 4.69) is 49.0 Å². The highest BCUT2D eigenvalue weighted by Crippen LogP contribution is 2.35. The van der Waals surface area contributed by atoms with Gasteiger partial charge in [0, 0.05) is 29.1 Å². The summed E-state index contributed by atoms with van der Waals surface area (Å²) in [5, 5.41) is 1.31. The largest absolute Gasteiger partial charge is 0.344 e. The van der Waals surface area contributed by atoms with Crippen LogP contribution in [0.3, 0.4) is 0 Å². The van der Waals surface area contributed by atoms with Crippen molar-refractivity contribution in [3.63, 3.8) is 0 Å². The number of aryl methyl sites for hydroxylation is 1. The van der Waals surface area contributed by atoms with Gasteiger partial charge in [-0.2, -0.15) is 0 Å². The number of nitrogens with zero attached hydrogens (tertiary/aromatic N) is 1. The Labute approximate surface area is 131 Å². The lowest BCUT2D eigenvalue weighted by Gasteiger charge is -2.23. The number of fused-ring (bicyclic) bond motifs is 3. The van der Waals surface area contributed by atoms with E-state index in [9.17, 15) is 4.79 Å². The van der Waals surface area contributed by atoms with Crippen molar-refractivity contribution in [2.45, 2.75) is 46.6 Å². The van der Waals surface area contributed by atoms with Gasteiger partial charge in [-0.25, -0.2) is 5.84 Å². The zero-order valence-corrected chi connectivity index (χ0v) is 13.6. The van der Waals surface area contributed by atoms with Crippen molar-refractivity contribution in [3.8, 4) is 0 Å². The fourth-order valence-corrected chi connectivity index (χ4v) is 3.68. The Balaban J connectivity index is 2.12. The molecule has 1 heterocycles. The zero-order valence-electron chi connectivity index (χ0n) is 13.6. The smallest absolute Gasteiger partial charge is 0.237 e. The number of hydrogen-bond acceptors (Lipinski definition) is 2. The summed E-state index contributed by atoms with van der Waals surface area (Å²) in [6.45, 7) is 7.65. The van der Waals surface area contributed by atoms with E-state index in [1.165, 1.54) is 27.7 Å². The van der Waals surface area contributed by atoms with Crippen molar-refractivity contribution < 1.29 is 4.79 Å². The van der Waals surface area contributed by atoms with Gasteiger partial charge in [0.1, 0.15) is 0 Å². The summed E-state index contributed by atoms with van der Waals surface area (Å²) in [6.07, 6.45) is 2.63. The lowest BCUT2D eigenvalue weighted by atomic mass is 9.85. The van der Waals surface area contributed by atoms with Gasteiger partial charge in [-0.3, -0.25) is 10.2 Å². The van der Waals surface area contributed by atoms with Crippen LogP contribution in [0.15, 0.2) is 18.2 Å². The average Bonchev–Trinajstić information content (AvgIpc) is 2.79. The van der Waals surface area contributed by atoms with E-state index >= 15 is 0 Å². The number of amides is 1. The summed E-state index contributed by atoms with van der Waals surface area (Å²) in [7, 11) is 0. The minimum absolute atomic E-state index is 0.00360. The molecule has 0 saturated carbocycles. The first kappa shape index (κ1) is 15.1. The topological polar surface area (TPSA) is 60.0 Å². The first-order valence-electron chi connectivity index (χ1n) is 8.12. The molecule has 4 heteroatoms. The van der Waals surface area contributed by atoms with Crippen molar-refractivity contribution in [2.24, 2.45) is 17.7 Å². The number of carbonyl (C=O) groups is 1. The van der Waals surface area contributed by atoms with Crippen LogP contribution < -0.4 is 11.3 Å². The van der Waals surface area contributed by atoms with Gasteiger partial charge >= 0.3 is 0 Å². The zero-order chi connectivity index (χ0) is 15.9. The van der Waals surface area contributed by atoms with Gasteiger partial charge in [0.25, 0.3) is 0 Å². The third-order valence-corrected chi connectivity index (χ3v) is 4.68. The van der Waals surface area contributed by atoms with E-state index in [1.54, 1.807) is 0 Å². The second-order valence-electron chi connectivity index (χ2n) is 6.90. The molecule has 1 aromatic carbocycles. The first-order chi connectivity index (χ1) is 10.5. The Morgan fingerprint density at radius 3 is 2.91 bits per heavy atom. The average molecular weight is 299 g/mol. The van der Waals surface area contributed by atoms with Crippen LogP contribution in [0.2, 0.25) is 0 Å². The van der Waals surface area contributed by atoms with Gasteiger partial charge in [0.15, 0.2) is 0 Å². The summed E-state index contributed by atoms with van der Waals surface area (Å²) in [5.41, 5.74) is 7.65. The van der Waals surface area contributed by atoms with Gasteiger partial charge in [0.05, 0.1) is 0 Å². The summed E-state index contributed by atoms with van der Waals surface area (Å²) < 4.78 is 2.46. The highest BCUT2D eigenvalue weighted by atomic mass is 16.2. The van der Waals surface area contributed by atoms with Crippen LogP contribution in [-0.2, 0) is 24.2 Å². The van der Waals surface area contributed by atoms with Crippen molar-refractivity contribution in [3.05, 3.63) is 35.0 Å². The van der Waals surface area contributed by atoms with Crippen LogP contribution in [-0.4, -0.2) is 10.5 Å². The fraction of sp³-hybridized carbons (Fsp3) is 0.500. The molecule has 3 rings (SSSR count). The second-order valence-corrected chi connectivity index (χ2v) is 6.90. The highest BCUT2D eigenvalue weighted by molar-refractivity contribution is 5.88. The number of aromatic nitrogens is 1. The van der Waals surface area contributed by atoms with E-state index in [1.807, 2.05) is 0 Å². The van der Waals surface area contributed by atoms with Crippen molar-refractivity contribution in [1.82, 2.24) is 9.99 Å². The van der Waals surface area contributed by atoms with Crippen LogP contribution in [0.1, 0.15) is 37.1 Å². The minimum atomic E-state index is -0.0388. The van der Waals surface area contributed by atoms with Gasteiger partial charge in [-0.1, -0.05) is 25.5 Å². The van der Waals surface area contributed by atoms with Crippen LogP contribution >= 0.6 is 0 Å². The summed E-state index contributed by atoms with van der Waals surface area (Å²) in [4.78, 5) is 11.9. The number of hydrazine groups is 1. The maximum Gasteiger partial charge on any atom is 0.237 e. The van der Waals surface area contributed by atoms with E-state index < -0.39 is 0 Å². The fourth-order valence-electron chi connectivity index (χ4n) is 3.68. The molecule has 0 radical (unpaired) electrons. The normalized spacial score (nSPS) is 17.8. The molecule has 22 heavy (non-hydrogen) atoms. The predicted octanol–water partition coefficient (Wildman–Crippen LogP) is 2.70. The molecule has 118 valence electrons. The molecule has 1 atom stereocenters. The van der Waals surface area contributed by atoms with E-state index in [0.717, 1.165) is 25.8 Å². The third kappa shape index (κ3) is 2.52. The Hall–Kier alpha value is -1.81. The van der Waals surface area contributed by atoms with Crippen LogP contribution in [0, 0.1) is 18.8 Å². The van der Waals surface area contributed by atoms with E-state index in [-0.39, 0.29) is 11.8 Å². The number of hydrogen-bond donors (Lipinski definition) is 2. The Kier molecular flexibility index (Phi) is 3.96. The Morgan fingerprint density at radius 2 is 2.23 bits per heavy atom. The molecule has 3 N–H and O–H groups in total. The molecule has 0 saturated heterocycles. The van der Waals surface area contributed by atoms with E-state index in [4.69, 9.17) is 5.84 Å². The maximum atomic E-state index is 11.9. The molecular formula is C18H25N3O. The minimum Gasteiger partial charge on any atom is -0.344 e. The number of nitrogens with one attached hydrogen (secondary N) is 1. The van der Waals surface area contributed by atoms with Gasteiger partial charge in [-0.15, -0.1) is 0 Å². The molecule has 2 aromatic rings. The standard InChI is InChI=1S/C18H25N3O/c1-11(2)10-21-16-6-4-12(3)8-14(16)15-9-13(18(22)20-19)5-7-17(15)21/h4,6,8,11,13H,5,7,9-10,19H2,1-3H3,(H,20,22). The lowest BCUT2D eigenvalue weighted by Crippen LogP contribution is -2.38. The number of benzene rings is 1. The molecule has 0 fully saturated rings. The van der Waals surface area contributed by atoms with Crippen molar-refractivity contribution in [2.75, 3.05) is 0 Å². The van der Waals surface area contributed by atoms with Gasteiger partial charge < -0.3 is 4.57 Å². The van der Waals surface area contributed by atoms with Gasteiger partial charge in [-0.05, 0) is 49.8 Å². The molecule has 1 aliphatic rings. The molecular weight excluding hydrogens is 274 g/mol. The molecule has 1 amide bonds. The second kappa shape index (κ2) is 5.76. The van der Waals surface area contributed by atoms with Crippen molar-refractivity contribution >= 4 is 16.8 Å². The highest BCUT2D eigenvalue weighted by Gasteiger charge is 2.29. The number of carbonyl (C=O) groups excluding carboxylic acids is 1. The lowest BCUT2D eigenvalue weighted by molar-refractivity contribution is -0.125. The van der Waals surface area contributed by atoms with Crippen LogP contribution in [0.4, 0.5) is 0 Å². The van der Waals surface area contributed by atoms with Crippen LogP contribution in [0.25, 0.3) is 10.9 Å². The molecule has 4 nitrogen and oxygen atoms in total. The predicted molar refractivity (Wildman–Crippen MR) is 89.4 cm³/mol. The molecule has 0 spiro atoms. The Morgan fingerprint density at radius 1 is 1.45 bits per heavy atom. The molecule has 1 unspecified atom stereocenters. The van der Waals surface area contributed by atoms with E-state index in [0.29, 0.717) is 5.92 Å². The SMILES string of the molecule is Cc1ccc2c(c1)c1c(n2CC(C)C)CCC(C(=O)NN)C1. The van der Waals surface area contributed by atoms with Crippen molar-refractivity contribution in [1.29, 1.82) is 0 Å². The first-order valence-corrected chi connectivity index (χ1v) is 8.12. The monoisotopic (exact) mass is 299 g/mol.